The molecule has 4 nitrogen and oxygen atoms in total. The predicted molar refractivity (Wildman–Crippen MR) is 82.1 cm³/mol. The standard InChI is InChI=1S/C14H19BrN2O2S/c1-9-3-4-12(15)5-14(9)20(18,19)17-8-11-6-16-7-13(11)10(17)2/h3-5,10-11,13,16H,6-8H2,1-2H3. The molecule has 3 rings (SSSR count). The van der Waals surface area contributed by atoms with Crippen molar-refractivity contribution in [3.8, 4) is 0 Å². The van der Waals surface area contributed by atoms with Crippen LogP contribution in [0.4, 0.5) is 0 Å². The summed E-state index contributed by atoms with van der Waals surface area (Å²) in [6.45, 7) is 6.37. The van der Waals surface area contributed by atoms with Gasteiger partial charge in [0.05, 0.1) is 4.90 Å². The van der Waals surface area contributed by atoms with Crippen LogP contribution in [0.25, 0.3) is 0 Å². The summed E-state index contributed by atoms with van der Waals surface area (Å²) in [5, 5.41) is 3.36. The highest BCUT2D eigenvalue weighted by atomic mass is 79.9. The summed E-state index contributed by atoms with van der Waals surface area (Å²) in [6.07, 6.45) is 0. The lowest BCUT2D eigenvalue weighted by Crippen LogP contribution is -2.38. The first-order valence-corrected chi connectivity index (χ1v) is 9.13. The number of benzene rings is 1. The molecule has 0 amide bonds. The molecule has 2 aliphatic rings. The lowest BCUT2D eigenvalue weighted by atomic mass is 9.95. The summed E-state index contributed by atoms with van der Waals surface area (Å²) >= 11 is 3.37. The molecule has 2 heterocycles. The smallest absolute Gasteiger partial charge is 0.243 e. The number of halogens is 1. The average Bonchev–Trinajstić information content (AvgIpc) is 2.96. The highest BCUT2D eigenvalue weighted by molar-refractivity contribution is 9.10. The first-order valence-electron chi connectivity index (χ1n) is 6.90. The van der Waals surface area contributed by atoms with E-state index in [1.54, 1.807) is 10.4 Å². The fourth-order valence-electron chi connectivity index (χ4n) is 3.42. The minimum absolute atomic E-state index is 0.0679. The molecule has 2 fully saturated rings. The fraction of sp³-hybridized carbons (Fsp3) is 0.571. The van der Waals surface area contributed by atoms with E-state index in [1.165, 1.54) is 0 Å². The predicted octanol–water partition coefficient (Wildman–Crippen LogP) is 1.99. The molecule has 1 aromatic carbocycles. The molecule has 0 bridgehead atoms. The lowest BCUT2D eigenvalue weighted by Gasteiger charge is -2.24. The van der Waals surface area contributed by atoms with Crippen molar-refractivity contribution in [3.63, 3.8) is 0 Å². The SMILES string of the molecule is Cc1ccc(Br)cc1S(=O)(=O)N1CC2CNCC2C1C. The molecular weight excluding hydrogens is 340 g/mol. The molecule has 3 atom stereocenters. The van der Waals surface area contributed by atoms with Gasteiger partial charge in [0.1, 0.15) is 0 Å². The molecule has 0 spiro atoms. The third-order valence-electron chi connectivity index (χ3n) is 4.62. The van der Waals surface area contributed by atoms with Crippen molar-refractivity contribution in [2.45, 2.75) is 24.8 Å². The molecule has 0 aliphatic carbocycles. The van der Waals surface area contributed by atoms with Crippen LogP contribution in [0.1, 0.15) is 12.5 Å². The fourth-order valence-corrected chi connectivity index (χ4v) is 5.92. The number of nitrogens with zero attached hydrogens (tertiary/aromatic N) is 1. The average molecular weight is 359 g/mol. The second-order valence-electron chi connectivity index (χ2n) is 5.81. The van der Waals surface area contributed by atoms with E-state index in [0.717, 1.165) is 23.1 Å². The zero-order valence-electron chi connectivity index (χ0n) is 11.6. The Labute approximate surface area is 128 Å². The number of nitrogens with one attached hydrogen (secondary N) is 1. The summed E-state index contributed by atoms with van der Waals surface area (Å²) in [5.41, 5.74) is 0.801. The van der Waals surface area contributed by atoms with E-state index < -0.39 is 10.0 Å². The molecule has 0 radical (unpaired) electrons. The largest absolute Gasteiger partial charge is 0.316 e. The number of fused-ring (bicyclic) bond motifs is 1. The Hall–Kier alpha value is -0.430. The third kappa shape index (κ3) is 2.22. The maximum absolute atomic E-state index is 12.9. The van der Waals surface area contributed by atoms with Crippen LogP contribution in [0.15, 0.2) is 27.6 Å². The van der Waals surface area contributed by atoms with E-state index in [1.807, 2.05) is 26.0 Å². The molecule has 2 saturated heterocycles. The van der Waals surface area contributed by atoms with Crippen LogP contribution in [0.3, 0.4) is 0 Å². The minimum atomic E-state index is -3.41. The first-order chi connectivity index (χ1) is 9.41. The van der Waals surface area contributed by atoms with Gasteiger partial charge in [-0.25, -0.2) is 8.42 Å². The number of rotatable bonds is 2. The van der Waals surface area contributed by atoms with E-state index in [9.17, 15) is 8.42 Å². The van der Waals surface area contributed by atoms with Crippen molar-refractivity contribution in [1.29, 1.82) is 0 Å². The van der Waals surface area contributed by atoms with Crippen molar-refractivity contribution in [1.82, 2.24) is 9.62 Å². The van der Waals surface area contributed by atoms with Gasteiger partial charge in [0.15, 0.2) is 0 Å². The van der Waals surface area contributed by atoms with Crippen LogP contribution >= 0.6 is 15.9 Å². The quantitative estimate of drug-likeness (QED) is 0.879. The second kappa shape index (κ2) is 5.09. The van der Waals surface area contributed by atoms with Gasteiger partial charge in [-0.15, -0.1) is 0 Å². The van der Waals surface area contributed by atoms with Crippen molar-refractivity contribution in [2.75, 3.05) is 19.6 Å². The van der Waals surface area contributed by atoms with Crippen LogP contribution < -0.4 is 5.32 Å². The summed E-state index contributed by atoms with van der Waals surface area (Å²) in [5.74, 6) is 0.893. The molecular formula is C14H19BrN2O2S. The van der Waals surface area contributed by atoms with Gasteiger partial charge < -0.3 is 5.32 Å². The maximum Gasteiger partial charge on any atom is 0.243 e. The van der Waals surface area contributed by atoms with Crippen LogP contribution in [-0.4, -0.2) is 38.4 Å². The Bertz CT molecular complexity index is 632. The van der Waals surface area contributed by atoms with Crippen molar-refractivity contribution < 1.29 is 8.42 Å². The summed E-state index contributed by atoms with van der Waals surface area (Å²) in [7, 11) is -3.41. The zero-order valence-corrected chi connectivity index (χ0v) is 14.0. The van der Waals surface area contributed by atoms with Gasteiger partial charge in [0, 0.05) is 17.1 Å². The van der Waals surface area contributed by atoms with E-state index >= 15 is 0 Å². The summed E-state index contributed by atoms with van der Waals surface area (Å²) in [4.78, 5) is 0.423. The summed E-state index contributed by atoms with van der Waals surface area (Å²) in [6, 6.07) is 5.50. The van der Waals surface area contributed by atoms with Crippen molar-refractivity contribution >= 4 is 26.0 Å². The normalized spacial score (nSPS) is 30.6. The molecule has 110 valence electrons. The first kappa shape index (κ1) is 14.5. The van der Waals surface area contributed by atoms with E-state index in [0.29, 0.717) is 23.3 Å². The van der Waals surface area contributed by atoms with E-state index in [4.69, 9.17) is 0 Å². The third-order valence-corrected chi connectivity index (χ3v) is 7.21. The Morgan fingerprint density at radius 2 is 2.10 bits per heavy atom. The second-order valence-corrected chi connectivity index (χ2v) is 8.58. The Balaban J connectivity index is 1.98. The van der Waals surface area contributed by atoms with Gasteiger partial charge in [0.25, 0.3) is 0 Å². The molecule has 6 heteroatoms. The lowest BCUT2D eigenvalue weighted by molar-refractivity contribution is 0.360. The van der Waals surface area contributed by atoms with Gasteiger partial charge in [-0.2, -0.15) is 4.31 Å². The molecule has 0 aromatic heterocycles. The van der Waals surface area contributed by atoms with Crippen LogP contribution in [-0.2, 0) is 10.0 Å². The van der Waals surface area contributed by atoms with Gasteiger partial charge in [0.2, 0.25) is 10.0 Å². The van der Waals surface area contributed by atoms with E-state index in [2.05, 4.69) is 21.2 Å². The molecule has 2 aliphatic heterocycles. The monoisotopic (exact) mass is 358 g/mol. The Kier molecular flexibility index (Phi) is 3.69. The highest BCUT2D eigenvalue weighted by Crippen LogP contribution is 2.37. The van der Waals surface area contributed by atoms with Crippen LogP contribution in [0, 0.1) is 18.8 Å². The van der Waals surface area contributed by atoms with Crippen LogP contribution in [0.5, 0.6) is 0 Å². The molecule has 0 saturated carbocycles. The molecule has 1 N–H and O–H groups in total. The van der Waals surface area contributed by atoms with E-state index in [-0.39, 0.29) is 6.04 Å². The van der Waals surface area contributed by atoms with Gasteiger partial charge >= 0.3 is 0 Å². The Morgan fingerprint density at radius 3 is 2.80 bits per heavy atom. The minimum Gasteiger partial charge on any atom is -0.316 e. The number of sulfonamides is 1. The maximum atomic E-state index is 12.9. The van der Waals surface area contributed by atoms with Gasteiger partial charge in [-0.05, 0) is 56.5 Å². The number of aryl methyl sites for hydroxylation is 1. The topological polar surface area (TPSA) is 49.4 Å². The van der Waals surface area contributed by atoms with Crippen molar-refractivity contribution in [3.05, 3.63) is 28.2 Å². The summed E-state index contributed by atoms with van der Waals surface area (Å²) < 4.78 is 28.4. The Morgan fingerprint density at radius 1 is 1.35 bits per heavy atom. The zero-order chi connectivity index (χ0) is 14.5. The molecule has 3 unspecified atom stereocenters. The highest BCUT2D eigenvalue weighted by Gasteiger charge is 2.47. The molecule has 1 aromatic rings. The van der Waals surface area contributed by atoms with Gasteiger partial charge in [-0.1, -0.05) is 22.0 Å². The van der Waals surface area contributed by atoms with Gasteiger partial charge in [-0.3, -0.25) is 0 Å². The molecule has 20 heavy (non-hydrogen) atoms. The van der Waals surface area contributed by atoms with Crippen LogP contribution in [0.2, 0.25) is 0 Å². The number of hydrogen-bond acceptors (Lipinski definition) is 3. The number of hydrogen-bond donors (Lipinski definition) is 1. The van der Waals surface area contributed by atoms with Crippen molar-refractivity contribution in [2.24, 2.45) is 11.8 Å².